The number of hydrogen-bond donors (Lipinski definition) is 1. The minimum Gasteiger partial charge on any atom is -0.329 e. The maximum Gasteiger partial charge on any atom is 0.416 e. The van der Waals surface area contributed by atoms with E-state index in [-0.39, 0.29) is 18.0 Å². The Morgan fingerprint density at radius 3 is 2.06 bits per heavy atom. The zero-order valence-electron chi connectivity index (χ0n) is 8.99. The largest absolute Gasteiger partial charge is 0.416 e. The van der Waals surface area contributed by atoms with Gasteiger partial charge in [0.15, 0.2) is 0 Å². The summed E-state index contributed by atoms with van der Waals surface area (Å²) in [7, 11) is 0. The van der Waals surface area contributed by atoms with E-state index < -0.39 is 11.7 Å². The van der Waals surface area contributed by atoms with Crippen LogP contribution in [-0.2, 0) is 6.18 Å². The lowest BCUT2D eigenvalue weighted by Gasteiger charge is -2.07. The average molecular weight is 276 g/mol. The number of halogens is 4. The van der Waals surface area contributed by atoms with E-state index in [0.717, 1.165) is 12.1 Å². The quantitative estimate of drug-likeness (QED) is 0.849. The highest BCUT2D eigenvalue weighted by atomic mass is 35.5. The van der Waals surface area contributed by atoms with Gasteiger partial charge in [-0.2, -0.15) is 13.2 Å². The summed E-state index contributed by atoms with van der Waals surface area (Å²) >= 11 is 0. The molecule has 18 heavy (non-hydrogen) atoms. The number of benzene rings is 1. The van der Waals surface area contributed by atoms with E-state index in [0.29, 0.717) is 11.1 Å². The second-order valence-corrected chi connectivity index (χ2v) is 3.52. The van der Waals surface area contributed by atoms with Gasteiger partial charge in [0, 0.05) is 12.3 Å². The topological polar surface area (TPSA) is 32.9 Å². The Morgan fingerprint density at radius 2 is 1.56 bits per heavy atom. The zero-order chi connectivity index (χ0) is 12.5. The van der Waals surface area contributed by atoms with E-state index in [1.165, 1.54) is 24.4 Å². The van der Waals surface area contributed by atoms with Gasteiger partial charge < -0.3 is 4.98 Å². The van der Waals surface area contributed by atoms with Crippen LogP contribution in [0.1, 0.15) is 5.56 Å². The number of rotatable bonds is 1. The van der Waals surface area contributed by atoms with Crippen molar-refractivity contribution in [2.24, 2.45) is 0 Å². The van der Waals surface area contributed by atoms with Crippen molar-refractivity contribution in [1.29, 1.82) is 0 Å². The van der Waals surface area contributed by atoms with Gasteiger partial charge in [-0.05, 0) is 29.3 Å². The first kappa shape index (κ1) is 14.3. The molecule has 0 amide bonds. The zero-order valence-corrected chi connectivity index (χ0v) is 9.81. The van der Waals surface area contributed by atoms with Crippen LogP contribution in [0.4, 0.5) is 13.2 Å². The SMILES string of the molecule is Cl.O=c1cc(-c2ccc(C(F)(F)F)cc2)cc[nH]1. The van der Waals surface area contributed by atoms with Crippen LogP contribution in [-0.4, -0.2) is 4.98 Å². The molecule has 0 spiro atoms. The first-order valence-corrected chi connectivity index (χ1v) is 4.83. The van der Waals surface area contributed by atoms with Gasteiger partial charge in [-0.1, -0.05) is 12.1 Å². The highest BCUT2D eigenvalue weighted by Crippen LogP contribution is 2.30. The summed E-state index contributed by atoms with van der Waals surface area (Å²) in [5.74, 6) is 0. The Hall–Kier alpha value is -1.75. The summed E-state index contributed by atoms with van der Waals surface area (Å²) < 4.78 is 37.0. The van der Waals surface area contributed by atoms with Gasteiger partial charge in [-0.15, -0.1) is 12.4 Å². The number of alkyl halides is 3. The number of aromatic nitrogens is 1. The third kappa shape index (κ3) is 3.13. The maximum atomic E-state index is 12.3. The van der Waals surface area contributed by atoms with Crippen LogP contribution in [0.2, 0.25) is 0 Å². The van der Waals surface area contributed by atoms with E-state index in [1.54, 1.807) is 6.07 Å². The number of H-pyrrole nitrogens is 1. The summed E-state index contributed by atoms with van der Waals surface area (Å²) in [5, 5.41) is 0. The van der Waals surface area contributed by atoms with Crippen molar-refractivity contribution in [2.75, 3.05) is 0 Å². The van der Waals surface area contributed by atoms with Crippen molar-refractivity contribution in [1.82, 2.24) is 4.98 Å². The molecule has 0 atom stereocenters. The summed E-state index contributed by atoms with van der Waals surface area (Å²) in [6, 6.07) is 7.65. The summed E-state index contributed by atoms with van der Waals surface area (Å²) in [4.78, 5) is 13.5. The molecule has 1 aromatic heterocycles. The summed E-state index contributed by atoms with van der Waals surface area (Å²) in [6.45, 7) is 0. The predicted octanol–water partition coefficient (Wildman–Crippen LogP) is 3.48. The fourth-order valence-corrected chi connectivity index (χ4v) is 1.48. The molecule has 0 aliphatic rings. The van der Waals surface area contributed by atoms with Crippen LogP contribution < -0.4 is 5.56 Å². The van der Waals surface area contributed by atoms with Gasteiger partial charge in [-0.3, -0.25) is 4.79 Å². The molecule has 1 heterocycles. The molecule has 0 aliphatic heterocycles. The molecule has 0 unspecified atom stereocenters. The standard InChI is InChI=1S/C12H8F3NO.ClH/c13-12(14,15)10-3-1-8(2-4-10)9-5-6-16-11(17)7-9;/h1-7H,(H,16,17);1H. The number of nitrogens with one attached hydrogen (secondary N) is 1. The van der Waals surface area contributed by atoms with Crippen LogP contribution >= 0.6 is 12.4 Å². The Kier molecular flexibility index (Phi) is 4.19. The van der Waals surface area contributed by atoms with E-state index in [2.05, 4.69) is 4.98 Å². The molecule has 1 N–H and O–H groups in total. The summed E-state index contributed by atoms with van der Waals surface area (Å²) in [5.41, 5.74) is 0.167. The maximum absolute atomic E-state index is 12.3. The molecule has 2 aromatic rings. The van der Waals surface area contributed by atoms with Crippen LogP contribution in [0.15, 0.2) is 47.4 Å². The molecule has 0 aliphatic carbocycles. The lowest BCUT2D eigenvalue weighted by atomic mass is 10.1. The van der Waals surface area contributed by atoms with Gasteiger partial charge in [0.05, 0.1) is 5.56 Å². The van der Waals surface area contributed by atoms with Gasteiger partial charge in [0.25, 0.3) is 0 Å². The lowest BCUT2D eigenvalue weighted by Crippen LogP contribution is -2.04. The molecular formula is C12H9ClF3NO. The molecule has 2 nitrogen and oxygen atoms in total. The van der Waals surface area contributed by atoms with E-state index in [1.807, 2.05) is 0 Å². The third-order valence-corrected chi connectivity index (χ3v) is 2.32. The molecule has 0 saturated carbocycles. The van der Waals surface area contributed by atoms with Crippen molar-refractivity contribution in [3.63, 3.8) is 0 Å². The summed E-state index contributed by atoms with van der Waals surface area (Å²) in [6.07, 6.45) is -2.89. The first-order valence-electron chi connectivity index (χ1n) is 4.83. The van der Waals surface area contributed by atoms with Gasteiger partial charge in [0.1, 0.15) is 0 Å². The van der Waals surface area contributed by atoms with Crippen molar-refractivity contribution in [2.45, 2.75) is 6.18 Å². The molecule has 2 rings (SSSR count). The molecule has 96 valence electrons. The molecular weight excluding hydrogens is 267 g/mol. The number of pyridine rings is 1. The van der Waals surface area contributed by atoms with Crippen molar-refractivity contribution >= 4 is 12.4 Å². The molecule has 0 bridgehead atoms. The fourth-order valence-electron chi connectivity index (χ4n) is 1.48. The van der Waals surface area contributed by atoms with E-state index >= 15 is 0 Å². The molecule has 1 aromatic carbocycles. The average Bonchev–Trinajstić information content (AvgIpc) is 2.28. The lowest BCUT2D eigenvalue weighted by molar-refractivity contribution is -0.137. The fraction of sp³-hybridized carbons (Fsp3) is 0.0833. The minimum atomic E-state index is -4.34. The second-order valence-electron chi connectivity index (χ2n) is 3.52. The highest BCUT2D eigenvalue weighted by Gasteiger charge is 2.29. The smallest absolute Gasteiger partial charge is 0.329 e. The Bertz CT molecular complexity index is 575. The third-order valence-electron chi connectivity index (χ3n) is 2.32. The number of aromatic amines is 1. The molecule has 0 radical (unpaired) electrons. The van der Waals surface area contributed by atoms with Crippen LogP contribution in [0.5, 0.6) is 0 Å². The van der Waals surface area contributed by atoms with Gasteiger partial charge >= 0.3 is 6.18 Å². The van der Waals surface area contributed by atoms with Crippen LogP contribution in [0, 0.1) is 0 Å². The number of hydrogen-bond acceptors (Lipinski definition) is 1. The monoisotopic (exact) mass is 275 g/mol. The van der Waals surface area contributed by atoms with Gasteiger partial charge in [-0.25, -0.2) is 0 Å². The first-order chi connectivity index (χ1) is 7.97. The second kappa shape index (κ2) is 5.27. The normalized spacial score (nSPS) is 10.8. The van der Waals surface area contributed by atoms with Gasteiger partial charge in [0.2, 0.25) is 5.56 Å². The highest BCUT2D eigenvalue weighted by molar-refractivity contribution is 5.85. The molecule has 0 fully saturated rings. The predicted molar refractivity (Wildman–Crippen MR) is 64.7 cm³/mol. The van der Waals surface area contributed by atoms with E-state index in [4.69, 9.17) is 0 Å². The Morgan fingerprint density at radius 1 is 0.944 bits per heavy atom. The van der Waals surface area contributed by atoms with Crippen LogP contribution in [0.3, 0.4) is 0 Å². The van der Waals surface area contributed by atoms with E-state index in [9.17, 15) is 18.0 Å². The van der Waals surface area contributed by atoms with Crippen LogP contribution in [0.25, 0.3) is 11.1 Å². The van der Waals surface area contributed by atoms with Crippen molar-refractivity contribution in [3.05, 3.63) is 58.5 Å². The Balaban J connectivity index is 0.00000162. The van der Waals surface area contributed by atoms with Crippen molar-refractivity contribution < 1.29 is 13.2 Å². The van der Waals surface area contributed by atoms with Crippen molar-refractivity contribution in [3.8, 4) is 11.1 Å². The molecule has 0 saturated heterocycles. The minimum absolute atomic E-state index is 0. The Labute approximate surface area is 107 Å². The molecule has 6 heteroatoms.